The van der Waals surface area contributed by atoms with Crippen LogP contribution < -0.4 is 11.2 Å². The predicted octanol–water partition coefficient (Wildman–Crippen LogP) is 1.29. The molecule has 3 rings (SSSR count). The number of amides is 1. The summed E-state index contributed by atoms with van der Waals surface area (Å²) in [5, 5.41) is 11.8. The molecule has 0 aliphatic carbocycles. The van der Waals surface area contributed by atoms with Crippen LogP contribution in [0.25, 0.3) is 10.9 Å². The van der Waals surface area contributed by atoms with Gasteiger partial charge in [-0.05, 0) is 23.3 Å². The molecule has 0 aliphatic heterocycles. The van der Waals surface area contributed by atoms with E-state index in [2.05, 4.69) is 30.5 Å². The largest absolute Gasteiger partial charge is 0.379 e. The van der Waals surface area contributed by atoms with E-state index in [1.165, 1.54) is 0 Å². The third kappa shape index (κ3) is 2.34. The smallest absolute Gasteiger partial charge is 0.297 e. The summed E-state index contributed by atoms with van der Waals surface area (Å²) in [5.41, 5.74) is 10.3. The minimum absolute atomic E-state index is 0.0764. The predicted molar refractivity (Wildman–Crippen MR) is 76.7 cm³/mol. The van der Waals surface area contributed by atoms with Crippen molar-refractivity contribution in [1.82, 2.24) is 20.7 Å². The highest BCUT2D eigenvalue weighted by molar-refractivity contribution is 6.10. The summed E-state index contributed by atoms with van der Waals surface area (Å²) in [6.45, 7) is 1.79. The van der Waals surface area contributed by atoms with Crippen LogP contribution in [0.2, 0.25) is 0 Å². The van der Waals surface area contributed by atoms with E-state index < -0.39 is 5.91 Å². The van der Waals surface area contributed by atoms with E-state index in [1.807, 2.05) is 30.5 Å². The van der Waals surface area contributed by atoms with Gasteiger partial charge in [0.2, 0.25) is 11.5 Å². The van der Waals surface area contributed by atoms with Crippen LogP contribution in [0.3, 0.4) is 0 Å². The number of anilines is 1. The van der Waals surface area contributed by atoms with Gasteiger partial charge in [0.15, 0.2) is 0 Å². The molecule has 0 atom stereocenters. The first-order chi connectivity index (χ1) is 10.2. The van der Waals surface area contributed by atoms with Crippen LogP contribution in [0.1, 0.15) is 23.0 Å². The van der Waals surface area contributed by atoms with E-state index in [9.17, 15) is 4.79 Å². The summed E-state index contributed by atoms with van der Waals surface area (Å²) in [5.74, 6) is -0.652. The number of nitrogens with zero attached hydrogens (tertiary/aromatic N) is 3. The van der Waals surface area contributed by atoms with Crippen molar-refractivity contribution < 1.29 is 9.42 Å². The molecule has 106 valence electrons. The molecular weight excluding hydrogens is 272 g/mol. The minimum atomic E-state index is -0.576. The maximum atomic E-state index is 11.8. The molecule has 2 heterocycles. The van der Waals surface area contributed by atoms with Crippen molar-refractivity contribution in [3.05, 3.63) is 41.7 Å². The zero-order valence-electron chi connectivity index (χ0n) is 11.1. The molecule has 0 bridgehead atoms. The third-order valence-electron chi connectivity index (χ3n) is 3.03. The number of hydrogen-bond acceptors (Lipinski definition) is 6. The molecule has 0 aliphatic rings. The number of benzene rings is 1. The normalized spacial score (nSPS) is 11.8. The highest BCUT2D eigenvalue weighted by Gasteiger charge is 2.15. The molecule has 4 N–H and O–H groups in total. The van der Waals surface area contributed by atoms with Crippen molar-refractivity contribution in [2.75, 3.05) is 5.73 Å². The quantitative estimate of drug-likeness (QED) is 0.494. The van der Waals surface area contributed by atoms with Crippen molar-refractivity contribution >= 4 is 28.3 Å². The molecule has 8 nitrogen and oxygen atoms in total. The van der Waals surface area contributed by atoms with Gasteiger partial charge in [0.25, 0.3) is 5.91 Å². The van der Waals surface area contributed by atoms with Gasteiger partial charge in [-0.3, -0.25) is 4.79 Å². The van der Waals surface area contributed by atoms with Gasteiger partial charge in [0, 0.05) is 22.7 Å². The molecular formula is C13H12N6O2. The number of carbonyl (C=O) groups excluding carboxylic acids is 1. The van der Waals surface area contributed by atoms with Gasteiger partial charge in [-0.25, -0.2) is 10.1 Å². The van der Waals surface area contributed by atoms with E-state index in [4.69, 9.17) is 5.73 Å². The van der Waals surface area contributed by atoms with Crippen molar-refractivity contribution in [2.24, 2.45) is 5.10 Å². The number of aromatic nitrogens is 3. The molecule has 1 amide bonds. The molecule has 0 unspecified atom stereocenters. The standard InChI is InChI=1S/C13H12N6O2/c1-7(9-6-15-10-5-3-2-4-8(9)10)16-17-13(20)11-12(14)19-21-18-11/h2-6,15H,1H3,(H2,14,19)(H,17,20). The third-order valence-corrected chi connectivity index (χ3v) is 3.03. The molecule has 8 heteroatoms. The van der Waals surface area contributed by atoms with Crippen LogP contribution in [0.4, 0.5) is 5.82 Å². The zero-order valence-corrected chi connectivity index (χ0v) is 11.1. The number of carbonyl (C=O) groups is 1. The van der Waals surface area contributed by atoms with Crippen molar-refractivity contribution in [1.29, 1.82) is 0 Å². The Labute approximate surface area is 119 Å². The van der Waals surface area contributed by atoms with Crippen molar-refractivity contribution in [2.45, 2.75) is 6.92 Å². The lowest BCUT2D eigenvalue weighted by Gasteiger charge is -2.00. The number of nitrogens with one attached hydrogen (secondary N) is 2. The molecule has 0 saturated heterocycles. The zero-order chi connectivity index (χ0) is 14.8. The second kappa shape index (κ2) is 5.08. The fourth-order valence-corrected chi connectivity index (χ4v) is 1.97. The maximum Gasteiger partial charge on any atom is 0.297 e. The number of hydrogen-bond donors (Lipinski definition) is 3. The van der Waals surface area contributed by atoms with Crippen LogP contribution in [0.15, 0.2) is 40.2 Å². The second-order valence-corrected chi connectivity index (χ2v) is 4.38. The van der Waals surface area contributed by atoms with Gasteiger partial charge >= 0.3 is 0 Å². The van der Waals surface area contributed by atoms with Gasteiger partial charge in [-0.15, -0.1) is 0 Å². The number of nitrogen functional groups attached to an aromatic ring is 1. The molecule has 21 heavy (non-hydrogen) atoms. The number of hydrazone groups is 1. The van der Waals surface area contributed by atoms with Crippen molar-refractivity contribution in [3.8, 4) is 0 Å². The fraction of sp³-hybridized carbons (Fsp3) is 0.0769. The summed E-state index contributed by atoms with van der Waals surface area (Å²) in [7, 11) is 0. The van der Waals surface area contributed by atoms with Crippen LogP contribution in [0.5, 0.6) is 0 Å². The van der Waals surface area contributed by atoms with Crippen LogP contribution in [-0.2, 0) is 0 Å². The highest BCUT2D eigenvalue weighted by Crippen LogP contribution is 2.18. The number of aromatic amines is 1. The summed E-state index contributed by atoms with van der Waals surface area (Å²) in [6.07, 6.45) is 1.83. The molecule has 2 aromatic heterocycles. The van der Waals surface area contributed by atoms with E-state index in [0.29, 0.717) is 5.71 Å². The van der Waals surface area contributed by atoms with E-state index in [0.717, 1.165) is 16.5 Å². The Morgan fingerprint density at radius 2 is 2.19 bits per heavy atom. The second-order valence-electron chi connectivity index (χ2n) is 4.38. The lowest BCUT2D eigenvalue weighted by atomic mass is 10.1. The first-order valence-electron chi connectivity index (χ1n) is 6.16. The van der Waals surface area contributed by atoms with E-state index >= 15 is 0 Å². The van der Waals surface area contributed by atoms with E-state index in [1.54, 1.807) is 6.92 Å². The monoisotopic (exact) mass is 284 g/mol. The van der Waals surface area contributed by atoms with Crippen LogP contribution in [0, 0.1) is 0 Å². The first kappa shape index (κ1) is 12.9. The minimum Gasteiger partial charge on any atom is -0.379 e. The van der Waals surface area contributed by atoms with Gasteiger partial charge in [-0.2, -0.15) is 5.10 Å². The summed E-state index contributed by atoms with van der Waals surface area (Å²) >= 11 is 0. The van der Waals surface area contributed by atoms with Gasteiger partial charge < -0.3 is 10.7 Å². The maximum absolute atomic E-state index is 11.8. The summed E-state index contributed by atoms with van der Waals surface area (Å²) < 4.78 is 4.36. The lowest BCUT2D eigenvalue weighted by Crippen LogP contribution is -2.20. The molecule has 3 aromatic rings. The molecule has 0 radical (unpaired) electrons. The average Bonchev–Trinajstić information content (AvgIpc) is 3.10. The van der Waals surface area contributed by atoms with Crippen LogP contribution >= 0.6 is 0 Å². The SMILES string of the molecule is CC(=NNC(=O)c1nonc1N)c1c[nH]c2ccccc12. The first-order valence-corrected chi connectivity index (χ1v) is 6.16. The Hall–Kier alpha value is -3.16. The van der Waals surface area contributed by atoms with Gasteiger partial charge in [0.05, 0.1) is 5.71 Å². The molecule has 1 aromatic carbocycles. The highest BCUT2D eigenvalue weighted by atomic mass is 16.6. The van der Waals surface area contributed by atoms with Crippen molar-refractivity contribution in [3.63, 3.8) is 0 Å². The summed E-state index contributed by atoms with van der Waals surface area (Å²) in [4.78, 5) is 14.9. The van der Waals surface area contributed by atoms with E-state index in [-0.39, 0.29) is 11.5 Å². The number of para-hydroxylation sites is 1. The van der Waals surface area contributed by atoms with Gasteiger partial charge in [-0.1, -0.05) is 18.2 Å². The Bertz CT molecular complexity index is 832. The average molecular weight is 284 g/mol. The molecule has 0 saturated carbocycles. The Morgan fingerprint density at radius 3 is 2.95 bits per heavy atom. The number of nitrogens with two attached hydrogens (primary N) is 1. The van der Waals surface area contributed by atoms with Gasteiger partial charge in [0.1, 0.15) is 0 Å². The Kier molecular flexibility index (Phi) is 3.11. The number of rotatable bonds is 3. The number of fused-ring (bicyclic) bond motifs is 1. The fourth-order valence-electron chi connectivity index (χ4n) is 1.97. The van der Waals surface area contributed by atoms with Crippen LogP contribution in [-0.4, -0.2) is 26.9 Å². The number of H-pyrrole nitrogens is 1. The Balaban J connectivity index is 1.83. The summed E-state index contributed by atoms with van der Waals surface area (Å²) in [6, 6.07) is 7.82. The molecule has 0 fully saturated rings. The molecule has 0 spiro atoms. The lowest BCUT2D eigenvalue weighted by molar-refractivity contribution is 0.0945. The topological polar surface area (TPSA) is 122 Å². The Morgan fingerprint density at radius 1 is 1.38 bits per heavy atom.